The summed E-state index contributed by atoms with van der Waals surface area (Å²) in [5, 5.41) is 5.78. The van der Waals surface area contributed by atoms with Gasteiger partial charge < -0.3 is 5.32 Å². The number of rotatable bonds is 3. The maximum Gasteiger partial charge on any atom is 0.262 e. The molecule has 116 valence electrons. The third-order valence-electron chi connectivity index (χ3n) is 4.28. The van der Waals surface area contributed by atoms with E-state index in [0.717, 1.165) is 31.4 Å². The third kappa shape index (κ3) is 3.23. The van der Waals surface area contributed by atoms with Crippen molar-refractivity contribution in [1.82, 2.24) is 10.3 Å². The molecule has 0 spiro atoms. The van der Waals surface area contributed by atoms with Gasteiger partial charge in [0.2, 0.25) is 5.91 Å². The Balaban J connectivity index is 1.64. The Bertz CT molecular complexity index is 546. The largest absolute Gasteiger partial charge is 0.301 e. The topological polar surface area (TPSA) is 54.0 Å². The number of fused-ring (bicyclic) bond motifs is 1. The number of nitrogens with one attached hydrogen (secondary N) is 2. The monoisotopic (exact) mass is 315 g/mol. The number of alkyl halides is 2. The van der Waals surface area contributed by atoms with Crippen LogP contribution in [-0.4, -0.2) is 29.4 Å². The molecule has 2 atom stereocenters. The molecular weight excluding hydrogens is 296 g/mol. The maximum absolute atomic E-state index is 13.1. The molecule has 0 saturated carbocycles. The number of hydrogen-bond acceptors (Lipinski definition) is 4. The van der Waals surface area contributed by atoms with Gasteiger partial charge in [-0.3, -0.25) is 10.1 Å². The minimum atomic E-state index is -2.79. The standard InChI is InChI=1S/C14H19F2N3OS/c1-2-8-3-4-9-11(5-8)21-13(18-9)19-12(20)10-6-14(15,16)7-17-10/h8,10,17H,2-7H2,1H3,(H,18,19,20). The van der Waals surface area contributed by atoms with Crippen LogP contribution in [0.1, 0.15) is 36.8 Å². The Morgan fingerprint density at radius 2 is 2.38 bits per heavy atom. The average molecular weight is 315 g/mol. The number of nitrogens with zero attached hydrogens (tertiary/aromatic N) is 1. The maximum atomic E-state index is 13.1. The summed E-state index contributed by atoms with van der Waals surface area (Å²) in [6.07, 6.45) is 3.80. The summed E-state index contributed by atoms with van der Waals surface area (Å²) in [5.74, 6) is -2.51. The molecule has 21 heavy (non-hydrogen) atoms. The van der Waals surface area contributed by atoms with E-state index < -0.39 is 30.8 Å². The van der Waals surface area contributed by atoms with Gasteiger partial charge in [0.15, 0.2) is 5.13 Å². The van der Waals surface area contributed by atoms with Crippen LogP contribution in [0.5, 0.6) is 0 Å². The van der Waals surface area contributed by atoms with Gasteiger partial charge in [-0.05, 0) is 25.2 Å². The molecule has 1 aromatic rings. The zero-order valence-electron chi connectivity index (χ0n) is 11.9. The van der Waals surface area contributed by atoms with Crippen molar-refractivity contribution in [2.24, 2.45) is 5.92 Å². The Morgan fingerprint density at radius 1 is 1.57 bits per heavy atom. The number of aromatic nitrogens is 1. The van der Waals surface area contributed by atoms with Gasteiger partial charge in [0.05, 0.1) is 18.3 Å². The first kappa shape index (κ1) is 14.8. The molecule has 1 aliphatic carbocycles. The van der Waals surface area contributed by atoms with Crippen molar-refractivity contribution in [3.63, 3.8) is 0 Å². The van der Waals surface area contributed by atoms with E-state index in [9.17, 15) is 13.6 Å². The predicted octanol–water partition coefficient (Wildman–Crippen LogP) is 2.59. The summed E-state index contributed by atoms with van der Waals surface area (Å²) in [6, 6.07) is -0.829. The summed E-state index contributed by atoms with van der Waals surface area (Å²) >= 11 is 1.48. The lowest BCUT2D eigenvalue weighted by Gasteiger charge is -2.18. The van der Waals surface area contributed by atoms with Gasteiger partial charge in [-0.2, -0.15) is 0 Å². The quantitative estimate of drug-likeness (QED) is 0.901. The second-order valence-electron chi connectivity index (χ2n) is 5.89. The Kier molecular flexibility index (Phi) is 3.96. The average Bonchev–Trinajstić information content (AvgIpc) is 3.00. The van der Waals surface area contributed by atoms with Gasteiger partial charge in [0.25, 0.3) is 5.92 Å². The van der Waals surface area contributed by atoms with Crippen LogP contribution in [0.25, 0.3) is 0 Å². The molecule has 1 aliphatic heterocycles. The molecule has 2 N–H and O–H groups in total. The van der Waals surface area contributed by atoms with E-state index in [2.05, 4.69) is 22.5 Å². The molecule has 1 saturated heterocycles. The molecule has 2 unspecified atom stereocenters. The second kappa shape index (κ2) is 5.61. The minimum absolute atomic E-state index is 0.412. The van der Waals surface area contributed by atoms with E-state index in [1.165, 1.54) is 16.2 Å². The smallest absolute Gasteiger partial charge is 0.262 e. The first-order valence-corrected chi connectivity index (χ1v) is 8.19. The highest BCUT2D eigenvalue weighted by molar-refractivity contribution is 7.15. The summed E-state index contributed by atoms with van der Waals surface area (Å²) in [7, 11) is 0. The lowest BCUT2D eigenvalue weighted by atomic mass is 9.89. The highest BCUT2D eigenvalue weighted by Crippen LogP contribution is 2.34. The van der Waals surface area contributed by atoms with Crippen molar-refractivity contribution in [1.29, 1.82) is 0 Å². The van der Waals surface area contributed by atoms with Crippen LogP contribution in [0.15, 0.2) is 0 Å². The molecule has 1 fully saturated rings. The normalized spacial score (nSPS) is 27.4. The van der Waals surface area contributed by atoms with Crippen LogP contribution in [0.4, 0.5) is 13.9 Å². The van der Waals surface area contributed by atoms with Crippen molar-refractivity contribution in [2.75, 3.05) is 11.9 Å². The molecule has 7 heteroatoms. The number of carbonyl (C=O) groups is 1. The zero-order chi connectivity index (χ0) is 15.0. The fourth-order valence-corrected chi connectivity index (χ4v) is 4.06. The lowest BCUT2D eigenvalue weighted by Crippen LogP contribution is -2.35. The van der Waals surface area contributed by atoms with Gasteiger partial charge in [0.1, 0.15) is 0 Å². The second-order valence-corrected chi connectivity index (χ2v) is 6.97. The highest BCUT2D eigenvalue weighted by Gasteiger charge is 2.42. The fourth-order valence-electron chi connectivity index (χ4n) is 2.94. The molecular formula is C14H19F2N3OS. The van der Waals surface area contributed by atoms with Crippen LogP contribution < -0.4 is 10.6 Å². The molecule has 2 aliphatic rings. The number of amides is 1. The first-order valence-electron chi connectivity index (χ1n) is 7.37. The zero-order valence-corrected chi connectivity index (χ0v) is 12.7. The fraction of sp³-hybridized carbons (Fsp3) is 0.714. The summed E-state index contributed by atoms with van der Waals surface area (Å²) in [5.41, 5.74) is 1.06. The summed E-state index contributed by atoms with van der Waals surface area (Å²) in [6.45, 7) is 1.75. The van der Waals surface area contributed by atoms with Crippen LogP contribution in [0.3, 0.4) is 0 Å². The molecule has 4 nitrogen and oxygen atoms in total. The number of carbonyl (C=O) groups excluding carboxylic acids is 1. The lowest BCUT2D eigenvalue weighted by molar-refractivity contribution is -0.118. The Hall–Kier alpha value is -1.08. The number of hydrogen-bond donors (Lipinski definition) is 2. The van der Waals surface area contributed by atoms with Crippen molar-refractivity contribution in [2.45, 2.75) is 51.0 Å². The molecule has 1 amide bonds. The van der Waals surface area contributed by atoms with Crippen LogP contribution in [0.2, 0.25) is 0 Å². The van der Waals surface area contributed by atoms with Crippen molar-refractivity contribution >= 4 is 22.4 Å². The predicted molar refractivity (Wildman–Crippen MR) is 77.9 cm³/mol. The van der Waals surface area contributed by atoms with E-state index in [4.69, 9.17) is 0 Å². The van der Waals surface area contributed by atoms with E-state index in [1.807, 2.05) is 0 Å². The van der Waals surface area contributed by atoms with Crippen molar-refractivity contribution < 1.29 is 13.6 Å². The van der Waals surface area contributed by atoms with Crippen LogP contribution >= 0.6 is 11.3 Å². The number of aryl methyl sites for hydroxylation is 1. The van der Waals surface area contributed by atoms with E-state index in [-0.39, 0.29) is 0 Å². The van der Waals surface area contributed by atoms with Gasteiger partial charge in [-0.15, -0.1) is 11.3 Å². The number of thiazole rings is 1. The molecule has 0 radical (unpaired) electrons. The molecule has 0 aromatic carbocycles. The third-order valence-corrected chi connectivity index (χ3v) is 5.31. The van der Waals surface area contributed by atoms with Gasteiger partial charge in [-0.1, -0.05) is 13.3 Å². The summed E-state index contributed by atoms with van der Waals surface area (Å²) < 4.78 is 26.2. The van der Waals surface area contributed by atoms with Crippen LogP contribution in [0, 0.1) is 5.92 Å². The molecule has 2 heterocycles. The van der Waals surface area contributed by atoms with Crippen molar-refractivity contribution in [3.05, 3.63) is 10.6 Å². The van der Waals surface area contributed by atoms with Gasteiger partial charge in [-0.25, -0.2) is 13.8 Å². The number of halogens is 2. The molecule has 0 bridgehead atoms. The minimum Gasteiger partial charge on any atom is -0.301 e. The van der Waals surface area contributed by atoms with E-state index in [0.29, 0.717) is 11.0 Å². The van der Waals surface area contributed by atoms with Crippen LogP contribution in [-0.2, 0) is 17.6 Å². The van der Waals surface area contributed by atoms with Crippen molar-refractivity contribution in [3.8, 4) is 0 Å². The molecule has 3 rings (SSSR count). The highest BCUT2D eigenvalue weighted by atomic mass is 32.1. The molecule has 1 aromatic heterocycles. The van der Waals surface area contributed by atoms with Gasteiger partial charge in [0, 0.05) is 11.3 Å². The summed E-state index contributed by atoms with van der Waals surface area (Å²) in [4.78, 5) is 17.7. The number of anilines is 1. The van der Waals surface area contributed by atoms with E-state index in [1.54, 1.807) is 0 Å². The first-order chi connectivity index (χ1) is 9.97. The van der Waals surface area contributed by atoms with Gasteiger partial charge >= 0.3 is 0 Å². The Labute approximate surface area is 126 Å². The SMILES string of the molecule is CCC1CCc2nc(NC(=O)C3CC(F)(F)CN3)sc2C1. The van der Waals surface area contributed by atoms with E-state index >= 15 is 0 Å². The Morgan fingerprint density at radius 3 is 3.05 bits per heavy atom.